The number of amides is 1. The molecule has 0 N–H and O–H groups in total. The molecule has 3 aromatic rings. The van der Waals surface area contributed by atoms with Crippen molar-refractivity contribution in [1.82, 2.24) is 9.80 Å². The fourth-order valence-electron chi connectivity index (χ4n) is 4.38. The van der Waals surface area contributed by atoms with Gasteiger partial charge in [0.2, 0.25) is 5.91 Å². The Hall–Kier alpha value is -3.11. The fraction of sp³-hybridized carbons (Fsp3) is 0.321. The molecular formula is C28H32N2O2. The van der Waals surface area contributed by atoms with Gasteiger partial charge in [-0.15, -0.1) is 0 Å². The fourth-order valence-corrected chi connectivity index (χ4v) is 4.38. The molecule has 1 aliphatic rings. The summed E-state index contributed by atoms with van der Waals surface area (Å²) in [5.41, 5.74) is 4.92. The molecule has 1 unspecified atom stereocenters. The van der Waals surface area contributed by atoms with Crippen LogP contribution in [0.5, 0.6) is 5.75 Å². The van der Waals surface area contributed by atoms with E-state index in [1.165, 1.54) is 22.3 Å². The van der Waals surface area contributed by atoms with E-state index < -0.39 is 0 Å². The molecule has 166 valence electrons. The summed E-state index contributed by atoms with van der Waals surface area (Å²) in [6, 6.07) is 27.3. The molecule has 1 amide bonds. The van der Waals surface area contributed by atoms with E-state index in [0.29, 0.717) is 19.0 Å². The molecule has 3 aromatic carbocycles. The summed E-state index contributed by atoms with van der Waals surface area (Å²) in [4.78, 5) is 17.4. The first-order valence-corrected chi connectivity index (χ1v) is 11.4. The first-order chi connectivity index (χ1) is 15.5. The second-order valence-corrected chi connectivity index (χ2v) is 8.77. The van der Waals surface area contributed by atoms with Crippen LogP contribution in [0.2, 0.25) is 0 Å². The zero-order valence-electron chi connectivity index (χ0n) is 19.2. The minimum absolute atomic E-state index is 0.0535. The molecule has 0 aliphatic carbocycles. The molecule has 0 bridgehead atoms. The minimum atomic E-state index is -0.0535. The van der Waals surface area contributed by atoms with Crippen molar-refractivity contribution >= 4 is 5.91 Å². The second kappa shape index (κ2) is 10.0. The van der Waals surface area contributed by atoms with Crippen LogP contribution in [0.1, 0.15) is 48.2 Å². The van der Waals surface area contributed by atoms with E-state index in [1.54, 1.807) is 7.11 Å². The number of methoxy groups -OCH3 is 1. The highest BCUT2D eigenvalue weighted by atomic mass is 16.5. The third-order valence-electron chi connectivity index (χ3n) is 6.23. The van der Waals surface area contributed by atoms with Crippen LogP contribution in [0, 0.1) is 0 Å². The summed E-state index contributed by atoms with van der Waals surface area (Å²) in [5, 5.41) is 0. The van der Waals surface area contributed by atoms with E-state index >= 15 is 0 Å². The predicted molar refractivity (Wildman–Crippen MR) is 129 cm³/mol. The molecule has 1 atom stereocenters. The third-order valence-corrected chi connectivity index (χ3v) is 6.23. The maximum atomic E-state index is 13.1. The van der Waals surface area contributed by atoms with Crippen LogP contribution in [0.3, 0.4) is 0 Å². The van der Waals surface area contributed by atoms with Crippen molar-refractivity contribution < 1.29 is 9.53 Å². The standard InChI is InChI=1S/C28H32N2O2/c1-21(2)24-11-13-25(14-12-24)28-29(19-23-7-5-4-6-8-23)20-27(31)30(28)18-17-22-9-15-26(32-3)16-10-22/h4-16,21,28H,17-20H2,1-3H3. The Morgan fingerprint density at radius 1 is 0.906 bits per heavy atom. The van der Waals surface area contributed by atoms with E-state index in [9.17, 15) is 4.79 Å². The maximum absolute atomic E-state index is 13.1. The van der Waals surface area contributed by atoms with Gasteiger partial charge in [0.1, 0.15) is 11.9 Å². The second-order valence-electron chi connectivity index (χ2n) is 8.77. The molecule has 32 heavy (non-hydrogen) atoms. The van der Waals surface area contributed by atoms with Gasteiger partial charge in [-0.2, -0.15) is 0 Å². The predicted octanol–water partition coefficient (Wildman–Crippen LogP) is 5.40. The Kier molecular flexibility index (Phi) is 6.91. The zero-order valence-corrected chi connectivity index (χ0v) is 19.2. The minimum Gasteiger partial charge on any atom is -0.497 e. The lowest BCUT2D eigenvalue weighted by Crippen LogP contribution is -2.33. The van der Waals surface area contributed by atoms with Crippen LogP contribution < -0.4 is 4.74 Å². The number of rotatable bonds is 8. The maximum Gasteiger partial charge on any atom is 0.238 e. The van der Waals surface area contributed by atoms with Gasteiger partial charge in [-0.05, 0) is 46.7 Å². The van der Waals surface area contributed by atoms with Gasteiger partial charge < -0.3 is 9.64 Å². The van der Waals surface area contributed by atoms with Crippen molar-refractivity contribution in [3.63, 3.8) is 0 Å². The summed E-state index contributed by atoms with van der Waals surface area (Å²) in [7, 11) is 1.67. The van der Waals surface area contributed by atoms with Crippen molar-refractivity contribution in [2.45, 2.75) is 38.9 Å². The van der Waals surface area contributed by atoms with Crippen LogP contribution in [0.4, 0.5) is 0 Å². The molecule has 0 saturated carbocycles. The van der Waals surface area contributed by atoms with E-state index in [-0.39, 0.29) is 12.1 Å². The topological polar surface area (TPSA) is 32.8 Å². The van der Waals surface area contributed by atoms with E-state index in [2.05, 4.69) is 79.4 Å². The summed E-state index contributed by atoms with van der Waals surface area (Å²) >= 11 is 0. The van der Waals surface area contributed by atoms with Crippen molar-refractivity contribution in [1.29, 1.82) is 0 Å². The van der Waals surface area contributed by atoms with Crippen molar-refractivity contribution in [3.8, 4) is 5.75 Å². The van der Waals surface area contributed by atoms with Crippen molar-refractivity contribution in [2.75, 3.05) is 20.2 Å². The summed E-state index contributed by atoms with van der Waals surface area (Å²) < 4.78 is 5.26. The van der Waals surface area contributed by atoms with Crippen LogP contribution in [0.15, 0.2) is 78.9 Å². The van der Waals surface area contributed by atoms with Crippen LogP contribution in [-0.2, 0) is 17.8 Å². The molecular weight excluding hydrogens is 396 g/mol. The molecule has 1 fully saturated rings. The average Bonchev–Trinajstić information content (AvgIpc) is 3.13. The number of carbonyl (C=O) groups is 1. The number of ether oxygens (including phenoxy) is 1. The van der Waals surface area contributed by atoms with Gasteiger partial charge >= 0.3 is 0 Å². The molecule has 4 rings (SSSR count). The summed E-state index contributed by atoms with van der Waals surface area (Å²) in [6.07, 6.45) is 0.761. The normalized spacial score (nSPS) is 16.7. The number of carbonyl (C=O) groups excluding carboxylic acids is 1. The van der Waals surface area contributed by atoms with Gasteiger partial charge in [-0.3, -0.25) is 9.69 Å². The highest BCUT2D eigenvalue weighted by Crippen LogP contribution is 2.33. The number of benzene rings is 3. The number of hydrogen-bond donors (Lipinski definition) is 0. The van der Waals surface area contributed by atoms with E-state index in [0.717, 1.165) is 18.7 Å². The van der Waals surface area contributed by atoms with E-state index in [1.807, 2.05) is 23.1 Å². The van der Waals surface area contributed by atoms with Gasteiger partial charge in [0.15, 0.2) is 0 Å². The largest absolute Gasteiger partial charge is 0.497 e. The zero-order chi connectivity index (χ0) is 22.5. The van der Waals surface area contributed by atoms with Crippen LogP contribution in [0.25, 0.3) is 0 Å². The van der Waals surface area contributed by atoms with Crippen LogP contribution >= 0.6 is 0 Å². The van der Waals surface area contributed by atoms with Gasteiger partial charge in [0, 0.05) is 13.1 Å². The Bertz CT molecular complexity index is 1010. The van der Waals surface area contributed by atoms with Crippen molar-refractivity contribution in [2.24, 2.45) is 0 Å². The Morgan fingerprint density at radius 2 is 1.59 bits per heavy atom. The van der Waals surface area contributed by atoms with Gasteiger partial charge in [-0.1, -0.05) is 80.6 Å². The lowest BCUT2D eigenvalue weighted by molar-refractivity contribution is -0.128. The van der Waals surface area contributed by atoms with Gasteiger partial charge in [-0.25, -0.2) is 0 Å². The Labute approximate surface area is 191 Å². The third kappa shape index (κ3) is 5.03. The SMILES string of the molecule is COc1ccc(CCN2C(=O)CN(Cc3ccccc3)C2c2ccc(C(C)C)cc2)cc1. The smallest absolute Gasteiger partial charge is 0.238 e. The first-order valence-electron chi connectivity index (χ1n) is 11.4. The Morgan fingerprint density at radius 3 is 2.22 bits per heavy atom. The quantitative estimate of drug-likeness (QED) is 0.481. The number of hydrogen-bond acceptors (Lipinski definition) is 3. The molecule has 0 spiro atoms. The lowest BCUT2D eigenvalue weighted by Gasteiger charge is -2.31. The lowest BCUT2D eigenvalue weighted by atomic mass is 10.0. The Balaban J connectivity index is 1.57. The average molecular weight is 429 g/mol. The molecule has 0 radical (unpaired) electrons. The number of nitrogens with zero attached hydrogens (tertiary/aromatic N) is 2. The monoisotopic (exact) mass is 428 g/mol. The summed E-state index contributed by atoms with van der Waals surface area (Å²) in [5.74, 6) is 1.52. The van der Waals surface area contributed by atoms with Crippen molar-refractivity contribution in [3.05, 3.63) is 101 Å². The van der Waals surface area contributed by atoms with Crippen LogP contribution in [-0.4, -0.2) is 35.9 Å². The molecule has 4 heteroatoms. The van der Waals surface area contributed by atoms with Gasteiger partial charge in [0.25, 0.3) is 0 Å². The molecule has 4 nitrogen and oxygen atoms in total. The first kappa shape index (κ1) is 22.1. The molecule has 1 saturated heterocycles. The van der Waals surface area contributed by atoms with E-state index in [4.69, 9.17) is 4.74 Å². The highest BCUT2D eigenvalue weighted by Gasteiger charge is 2.38. The highest BCUT2D eigenvalue weighted by molar-refractivity contribution is 5.81. The summed E-state index contributed by atoms with van der Waals surface area (Å²) in [6.45, 7) is 6.29. The molecule has 1 aliphatic heterocycles. The molecule has 1 heterocycles. The molecule has 0 aromatic heterocycles. The van der Waals surface area contributed by atoms with Gasteiger partial charge in [0.05, 0.1) is 13.7 Å².